The fourth-order valence-electron chi connectivity index (χ4n) is 0.577. The van der Waals surface area contributed by atoms with Crippen molar-refractivity contribution < 1.29 is 14.3 Å². The molecule has 1 N–H and O–H groups in total. The lowest BCUT2D eigenvalue weighted by Gasteiger charge is -2.08. The van der Waals surface area contributed by atoms with E-state index >= 15 is 0 Å². The Bertz CT molecular complexity index is 118. The van der Waals surface area contributed by atoms with Crippen LogP contribution in [0.5, 0.6) is 0 Å². The van der Waals surface area contributed by atoms with Crippen molar-refractivity contribution >= 4 is 28.6 Å². The summed E-state index contributed by atoms with van der Waals surface area (Å²) in [7, 11) is 0. The van der Waals surface area contributed by atoms with Gasteiger partial charge in [0.1, 0.15) is 10.1 Å². The lowest BCUT2D eigenvalue weighted by molar-refractivity contribution is -0.137. The Labute approximate surface area is 72.9 Å². The van der Waals surface area contributed by atoms with Crippen molar-refractivity contribution in [3.05, 3.63) is 0 Å². The minimum absolute atomic E-state index is 0.333. The molecule has 60 valence electrons. The van der Waals surface area contributed by atoms with E-state index in [1.807, 2.05) is 6.92 Å². The third-order valence-electron chi connectivity index (χ3n) is 1.12. The first kappa shape index (κ1) is 10.1. The van der Waals surface area contributed by atoms with E-state index in [9.17, 15) is 9.18 Å². The third-order valence-corrected chi connectivity index (χ3v) is 2.43. The Morgan fingerprint density at radius 2 is 2.30 bits per heavy atom. The molecule has 0 aromatic carbocycles. The zero-order valence-corrected chi connectivity index (χ0v) is 7.84. The van der Waals surface area contributed by atoms with Gasteiger partial charge in [-0.05, 0) is 6.42 Å². The van der Waals surface area contributed by atoms with Gasteiger partial charge < -0.3 is 5.11 Å². The molecule has 0 saturated heterocycles. The van der Waals surface area contributed by atoms with Crippen LogP contribution in [0.2, 0.25) is 0 Å². The normalized spacial score (nSPS) is 16.3. The summed E-state index contributed by atoms with van der Waals surface area (Å²) in [6.45, 7) is 1.83. The topological polar surface area (TPSA) is 37.3 Å². The maximum absolute atomic E-state index is 12.7. The molecular formula is C6H10FIO2. The first-order valence-corrected chi connectivity index (χ1v) is 4.35. The highest BCUT2D eigenvalue weighted by Gasteiger charge is 2.23. The molecule has 0 aliphatic heterocycles. The number of hydrogen-bond donors (Lipinski definition) is 1. The molecule has 0 saturated carbocycles. The molecule has 0 aliphatic carbocycles. The van der Waals surface area contributed by atoms with E-state index in [2.05, 4.69) is 0 Å². The molecule has 0 aromatic heterocycles. The van der Waals surface area contributed by atoms with Crippen LogP contribution in [0.15, 0.2) is 0 Å². The van der Waals surface area contributed by atoms with Crippen LogP contribution in [0, 0.1) is 0 Å². The highest BCUT2D eigenvalue weighted by atomic mass is 127. The molecule has 0 bridgehead atoms. The fourth-order valence-corrected chi connectivity index (χ4v) is 0.936. The maximum Gasteiger partial charge on any atom is 0.319 e. The average Bonchev–Trinajstić information content (AvgIpc) is 1.87. The number of hydrogen-bond acceptors (Lipinski definition) is 1. The Kier molecular flexibility index (Phi) is 4.93. The van der Waals surface area contributed by atoms with Crippen LogP contribution in [-0.2, 0) is 4.79 Å². The molecule has 0 aromatic rings. The second kappa shape index (κ2) is 4.87. The summed E-state index contributed by atoms with van der Waals surface area (Å²) in [6.07, 6.45) is -0.184. The summed E-state index contributed by atoms with van der Waals surface area (Å²) in [5.74, 6) is -1.07. The number of alkyl halides is 2. The van der Waals surface area contributed by atoms with Gasteiger partial charge in [0, 0.05) is 0 Å². The SMILES string of the molecule is CCCC(F)C(I)C(=O)O. The van der Waals surface area contributed by atoms with Crippen molar-refractivity contribution in [3.63, 3.8) is 0 Å². The largest absolute Gasteiger partial charge is 0.480 e. The number of aliphatic carboxylic acids is 1. The van der Waals surface area contributed by atoms with Gasteiger partial charge >= 0.3 is 5.97 Å². The van der Waals surface area contributed by atoms with E-state index in [0.717, 1.165) is 0 Å². The van der Waals surface area contributed by atoms with Crippen molar-refractivity contribution in [1.29, 1.82) is 0 Å². The van der Waals surface area contributed by atoms with Crippen LogP contribution in [0.1, 0.15) is 19.8 Å². The summed E-state index contributed by atoms with van der Waals surface area (Å²) in [5, 5.41) is 8.33. The van der Waals surface area contributed by atoms with Crippen molar-refractivity contribution in [2.24, 2.45) is 0 Å². The van der Waals surface area contributed by atoms with Gasteiger partial charge in [-0.25, -0.2) is 4.39 Å². The number of carboxylic acid groups (broad SMARTS) is 1. The predicted molar refractivity (Wildman–Crippen MR) is 45.2 cm³/mol. The number of halogens is 2. The molecule has 2 atom stereocenters. The van der Waals surface area contributed by atoms with Gasteiger partial charge in [-0.15, -0.1) is 0 Å². The number of carbonyl (C=O) groups is 1. The fraction of sp³-hybridized carbons (Fsp3) is 0.833. The molecule has 2 nitrogen and oxygen atoms in total. The Hall–Kier alpha value is 0.130. The highest BCUT2D eigenvalue weighted by molar-refractivity contribution is 14.1. The summed E-state index contributed by atoms with van der Waals surface area (Å²) < 4.78 is 11.8. The van der Waals surface area contributed by atoms with E-state index in [1.165, 1.54) is 0 Å². The third kappa shape index (κ3) is 3.34. The molecule has 0 rings (SSSR count). The van der Waals surface area contributed by atoms with E-state index in [0.29, 0.717) is 12.8 Å². The van der Waals surface area contributed by atoms with Crippen molar-refractivity contribution in [2.75, 3.05) is 0 Å². The first-order valence-electron chi connectivity index (χ1n) is 3.10. The average molecular weight is 260 g/mol. The zero-order valence-electron chi connectivity index (χ0n) is 5.68. The van der Waals surface area contributed by atoms with Crippen LogP contribution < -0.4 is 0 Å². The second-order valence-corrected chi connectivity index (χ2v) is 3.39. The molecule has 4 heteroatoms. The van der Waals surface area contributed by atoms with Crippen LogP contribution >= 0.6 is 22.6 Å². The van der Waals surface area contributed by atoms with Crippen LogP contribution in [-0.4, -0.2) is 21.2 Å². The first-order chi connectivity index (χ1) is 4.59. The standard InChI is InChI=1S/C6H10FIO2/c1-2-3-4(7)5(8)6(9)10/h4-5H,2-3H2,1H3,(H,9,10). The smallest absolute Gasteiger partial charge is 0.319 e. The number of rotatable bonds is 4. The summed E-state index contributed by atoms with van der Waals surface area (Å²) in [4.78, 5) is 10.2. The van der Waals surface area contributed by atoms with Crippen LogP contribution in [0.25, 0.3) is 0 Å². The zero-order chi connectivity index (χ0) is 8.15. The van der Waals surface area contributed by atoms with Crippen molar-refractivity contribution in [1.82, 2.24) is 0 Å². The second-order valence-electron chi connectivity index (χ2n) is 2.04. The van der Waals surface area contributed by atoms with Gasteiger partial charge in [0.2, 0.25) is 0 Å². The summed E-state index contributed by atoms with van der Waals surface area (Å²) in [5.41, 5.74) is 0. The minimum atomic E-state index is -1.21. The molecule has 0 amide bonds. The lowest BCUT2D eigenvalue weighted by Crippen LogP contribution is -2.24. The molecule has 2 unspecified atom stereocenters. The molecular weight excluding hydrogens is 250 g/mol. The molecule has 10 heavy (non-hydrogen) atoms. The molecule has 0 fully saturated rings. The van der Waals surface area contributed by atoms with Gasteiger partial charge in [0.05, 0.1) is 0 Å². The van der Waals surface area contributed by atoms with E-state index in [-0.39, 0.29) is 0 Å². The molecule has 0 aliphatic rings. The van der Waals surface area contributed by atoms with Gasteiger partial charge in [-0.2, -0.15) is 0 Å². The Morgan fingerprint density at radius 3 is 2.60 bits per heavy atom. The molecule has 0 radical (unpaired) electrons. The minimum Gasteiger partial charge on any atom is -0.480 e. The summed E-state index contributed by atoms with van der Waals surface area (Å²) in [6, 6.07) is 0. The van der Waals surface area contributed by atoms with E-state index in [1.54, 1.807) is 22.6 Å². The van der Waals surface area contributed by atoms with Crippen molar-refractivity contribution in [3.8, 4) is 0 Å². The maximum atomic E-state index is 12.7. The van der Waals surface area contributed by atoms with Gasteiger partial charge in [-0.3, -0.25) is 4.79 Å². The van der Waals surface area contributed by atoms with E-state index in [4.69, 9.17) is 5.11 Å². The predicted octanol–water partition coefficient (Wildman–Crippen LogP) is 2.01. The van der Waals surface area contributed by atoms with Gasteiger partial charge in [0.25, 0.3) is 0 Å². The van der Waals surface area contributed by atoms with Crippen LogP contribution in [0.4, 0.5) is 4.39 Å². The lowest BCUT2D eigenvalue weighted by atomic mass is 10.2. The van der Waals surface area contributed by atoms with Crippen molar-refractivity contribution in [2.45, 2.75) is 29.9 Å². The van der Waals surface area contributed by atoms with Gasteiger partial charge in [0.15, 0.2) is 0 Å². The monoisotopic (exact) mass is 260 g/mol. The number of carboxylic acids is 1. The Balaban J connectivity index is 3.69. The molecule has 0 heterocycles. The summed E-state index contributed by atoms with van der Waals surface area (Å²) >= 11 is 1.61. The Morgan fingerprint density at radius 1 is 1.80 bits per heavy atom. The quantitative estimate of drug-likeness (QED) is 0.620. The van der Waals surface area contributed by atoms with Gasteiger partial charge in [-0.1, -0.05) is 35.9 Å². The highest BCUT2D eigenvalue weighted by Crippen LogP contribution is 2.15. The molecule has 0 spiro atoms. The van der Waals surface area contributed by atoms with Crippen LogP contribution in [0.3, 0.4) is 0 Å². The van der Waals surface area contributed by atoms with E-state index < -0.39 is 16.1 Å².